The molecule has 1 aromatic rings. The van der Waals surface area contributed by atoms with E-state index in [1.165, 1.54) is 0 Å². The van der Waals surface area contributed by atoms with Gasteiger partial charge in [0.25, 0.3) is 0 Å². The van der Waals surface area contributed by atoms with Gasteiger partial charge in [-0.25, -0.2) is 0 Å². The third-order valence-electron chi connectivity index (χ3n) is 2.68. The third kappa shape index (κ3) is 3.11. The van der Waals surface area contributed by atoms with E-state index in [2.05, 4.69) is 0 Å². The van der Waals surface area contributed by atoms with Crippen molar-refractivity contribution < 1.29 is 19.3 Å². The second-order valence-corrected chi connectivity index (χ2v) is 3.93. The lowest BCUT2D eigenvalue weighted by atomic mass is 9.98. The Morgan fingerprint density at radius 1 is 1.12 bits per heavy atom. The molecule has 0 fully saturated rings. The summed E-state index contributed by atoms with van der Waals surface area (Å²) in [5.41, 5.74) is 1.87. The summed E-state index contributed by atoms with van der Waals surface area (Å²) in [6, 6.07) is 3.82. The van der Waals surface area contributed by atoms with Gasteiger partial charge in [-0.15, -0.1) is 0 Å². The fourth-order valence-corrected chi connectivity index (χ4v) is 1.82. The van der Waals surface area contributed by atoms with E-state index >= 15 is 0 Å². The van der Waals surface area contributed by atoms with Crippen molar-refractivity contribution in [1.29, 1.82) is 0 Å². The summed E-state index contributed by atoms with van der Waals surface area (Å²) in [5, 5.41) is 9.27. The van der Waals surface area contributed by atoms with E-state index in [-0.39, 0.29) is 12.5 Å². The number of methoxy groups -OCH3 is 3. The van der Waals surface area contributed by atoms with Crippen molar-refractivity contribution in [2.45, 2.75) is 19.4 Å². The topological polar surface area (TPSA) is 47.9 Å². The number of ether oxygens (including phenoxy) is 3. The van der Waals surface area contributed by atoms with Crippen LogP contribution in [0.5, 0.6) is 11.5 Å². The molecule has 0 radical (unpaired) electrons. The van der Waals surface area contributed by atoms with E-state index in [1.54, 1.807) is 21.3 Å². The molecule has 1 N–H and O–H groups in total. The summed E-state index contributed by atoms with van der Waals surface area (Å²) >= 11 is 0. The van der Waals surface area contributed by atoms with Crippen LogP contribution in [0.1, 0.15) is 24.0 Å². The number of hydrogen-bond acceptors (Lipinski definition) is 4. The maximum Gasteiger partial charge on any atom is 0.126 e. The van der Waals surface area contributed by atoms with Crippen LogP contribution in [0, 0.1) is 0 Å². The minimum Gasteiger partial charge on any atom is -0.496 e. The Morgan fingerprint density at radius 3 is 2.00 bits per heavy atom. The first-order valence-corrected chi connectivity index (χ1v) is 5.52. The second-order valence-electron chi connectivity index (χ2n) is 3.93. The zero-order valence-corrected chi connectivity index (χ0v) is 10.8. The summed E-state index contributed by atoms with van der Waals surface area (Å²) in [5.74, 6) is 1.41. The van der Waals surface area contributed by atoms with Gasteiger partial charge in [-0.1, -0.05) is 6.92 Å². The van der Waals surface area contributed by atoms with E-state index in [0.717, 1.165) is 22.6 Å². The van der Waals surface area contributed by atoms with Crippen LogP contribution < -0.4 is 9.47 Å². The normalized spacial score (nSPS) is 12.3. The maximum atomic E-state index is 9.27. The van der Waals surface area contributed by atoms with Crippen molar-refractivity contribution in [2.24, 2.45) is 0 Å². The predicted molar refractivity (Wildman–Crippen MR) is 65.8 cm³/mol. The van der Waals surface area contributed by atoms with Gasteiger partial charge in [0.05, 0.1) is 20.8 Å². The van der Waals surface area contributed by atoms with Crippen LogP contribution in [-0.2, 0) is 11.3 Å². The van der Waals surface area contributed by atoms with Gasteiger partial charge in [0.15, 0.2) is 0 Å². The molecule has 1 unspecified atom stereocenters. The first-order chi connectivity index (χ1) is 8.17. The zero-order valence-electron chi connectivity index (χ0n) is 10.8. The fourth-order valence-electron chi connectivity index (χ4n) is 1.82. The third-order valence-corrected chi connectivity index (χ3v) is 2.68. The molecule has 0 aliphatic carbocycles. The number of aliphatic hydroxyl groups is 1. The Morgan fingerprint density at radius 2 is 1.65 bits per heavy atom. The Hall–Kier alpha value is -1.26. The van der Waals surface area contributed by atoms with Crippen molar-refractivity contribution in [1.82, 2.24) is 0 Å². The number of hydrogen-bond donors (Lipinski definition) is 1. The number of aliphatic hydroxyl groups excluding tert-OH is 1. The van der Waals surface area contributed by atoms with Gasteiger partial charge in [0.2, 0.25) is 0 Å². The second kappa shape index (κ2) is 6.47. The van der Waals surface area contributed by atoms with Gasteiger partial charge in [-0.3, -0.25) is 0 Å². The average Bonchev–Trinajstić information content (AvgIpc) is 2.37. The molecule has 0 aliphatic rings. The maximum absolute atomic E-state index is 9.27. The van der Waals surface area contributed by atoms with Crippen LogP contribution >= 0.6 is 0 Å². The van der Waals surface area contributed by atoms with Crippen LogP contribution in [0.15, 0.2) is 12.1 Å². The van der Waals surface area contributed by atoms with E-state index in [4.69, 9.17) is 14.2 Å². The summed E-state index contributed by atoms with van der Waals surface area (Å²) < 4.78 is 15.8. The molecule has 0 heterocycles. The molecule has 17 heavy (non-hydrogen) atoms. The highest BCUT2D eigenvalue weighted by molar-refractivity contribution is 5.50. The minimum atomic E-state index is -0.0310. The fraction of sp³-hybridized carbons (Fsp3) is 0.538. The van der Waals surface area contributed by atoms with E-state index in [1.807, 2.05) is 19.1 Å². The quantitative estimate of drug-likeness (QED) is 0.825. The lowest BCUT2D eigenvalue weighted by molar-refractivity contribution is 0.184. The van der Waals surface area contributed by atoms with Gasteiger partial charge in [-0.05, 0) is 17.7 Å². The smallest absolute Gasteiger partial charge is 0.126 e. The Kier molecular flexibility index (Phi) is 5.25. The lowest BCUT2D eigenvalue weighted by Gasteiger charge is -2.18. The zero-order chi connectivity index (χ0) is 12.8. The van der Waals surface area contributed by atoms with Crippen LogP contribution in [0.25, 0.3) is 0 Å². The molecule has 1 atom stereocenters. The molecule has 4 nitrogen and oxygen atoms in total. The first-order valence-electron chi connectivity index (χ1n) is 5.52. The summed E-state index contributed by atoms with van der Waals surface area (Å²) in [4.78, 5) is 0. The SMILES string of the molecule is COCc1cc(OC)c(C(C)CO)c(OC)c1. The van der Waals surface area contributed by atoms with Crippen LogP contribution in [0.3, 0.4) is 0 Å². The predicted octanol–water partition coefficient (Wildman–Crippen LogP) is 1.95. The highest BCUT2D eigenvalue weighted by Gasteiger charge is 2.18. The minimum absolute atomic E-state index is 0.0310. The molecule has 0 saturated carbocycles. The van der Waals surface area contributed by atoms with Gasteiger partial charge in [-0.2, -0.15) is 0 Å². The van der Waals surface area contributed by atoms with Crippen molar-refractivity contribution in [3.63, 3.8) is 0 Å². The summed E-state index contributed by atoms with van der Waals surface area (Å²) in [6.07, 6.45) is 0. The molecular formula is C13H20O4. The molecule has 0 aliphatic heterocycles. The molecular weight excluding hydrogens is 220 g/mol. The average molecular weight is 240 g/mol. The van der Waals surface area contributed by atoms with Gasteiger partial charge in [0, 0.05) is 25.2 Å². The molecule has 0 amide bonds. The molecule has 4 heteroatoms. The van der Waals surface area contributed by atoms with Crippen LogP contribution in [0.4, 0.5) is 0 Å². The molecule has 1 aromatic carbocycles. The van der Waals surface area contributed by atoms with E-state index in [0.29, 0.717) is 6.61 Å². The van der Waals surface area contributed by atoms with Crippen molar-refractivity contribution in [2.75, 3.05) is 27.9 Å². The van der Waals surface area contributed by atoms with Gasteiger partial charge in [0.1, 0.15) is 11.5 Å². The number of benzene rings is 1. The van der Waals surface area contributed by atoms with Crippen molar-refractivity contribution >= 4 is 0 Å². The monoisotopic (exact) mass is 240 g/mol. The van der Waals surface area contributed by atoms with Crippen LogP contribution in [-0.4, -0.2) is 33.0 Å². The Labute approximate surface area is 102 Å². The Bertz CT molecular complexity index is 337. The van der Waals surface area contributed by atoms with Gasteiger partial charge >= 0.3 is 0 Å². The Balaban J connectivity index is 3.25. The highest BCUT2D eigenvalue weighted by atomic mass is 16.5. The molecule has 0 saturated heterocycles. The number of rotatable bonds is 6. The van der Waals surface area contributed by atoms with Crippen molar-refractivity contribution in [3.8, 4) is 11.5 Å². The first kappa shape index (κ1) is 13.8. The molecule has 0 aromatic heterocycles. The standard InChI is InChI=1S/C13H20O4/c1-9(7-14)13-11(16-3)5-10(8-15-2)6-12(13)17-4/h5-6,9,14H,7-8H2,1-4H3. The lowest BCUT2D eigenvalue weighted by Crippen LogP contribution is -2.06. The van der Waals surface area contributed by atoms with E-state index < -0.39 is 0 Å². The molecule has 0 bridgehead atoms. The summed E-state index contributed by atoms with van der Waals surface area (Å²) in [6.45, 7) is 2.48. The largest absolute Gasteiger partial charge is 0.496 e. The molecule has 96 valence electrons. The van der Waals surface area contributed by atoms with E-state index in [9.17, 15) is 5.11 Å². The van der Waals surface area contributed by atoms with Gasteiger partial charge < -0.3 is 19.3 Å². The highest BCUT2D eigenvalue weighted by Crippen LogP contribution is 2.36. The summed E-state index contributed by atoms with van der Waals surface area (Å²) in [7, 11) is 4.86. The molecule has 1 rings (SSSR count). The van der Waals surface area contributed by atoms with Crippen molar-refractivity contribution in [3.05, 3.63) is 23.3 Å². The van der Waals surface area contributed by atoms with Crippen LogP contribution in [0.2, 0.25) is 0 Å². The molecule has 0 spiro atoms.